The quantitative estimate of drug-likeness (QED) is 0.637. The molecule has 152 valence electrons. The summed E-state index contributed by atoms with van der Waals surface area (Å²) in [7, 11) is -3.45. The van der Waals surface area contributed by atoms with Gasteiger partial charge in [0.2, 0.25) is 5.60 Å². The summed E-state index contributed by atoms with van der Waals surface area (Å²) < 4.78 is 56.5. The van der Waals surface area contributed by atoms with E-state index in [9.17, 15) is 22.0 Å². The van der Waals surface area contributed by atoms with Gasteiger partial charge in [-0.05, 0) is 31.2 Å². The number of benzene rings is 2. The minimum absolute atomic E-state index is 0.0468. The van der Waals surface area contributed by atoms with Gasteiger partial charge >= 0.3 is 0 Å². The van der Waals surface area contributed by atoms with E-state index >= 15 is 0 Å². The molecule has 1 atom stereocenters. The van der Waals surface area contributed by atoms with Crippen molar-refractivity contribution in [1.82, 2.24) is 10.2 Å². The molecule has 29 heavy (non-hydrogen) atoms. The summed E-state index contributed by atoms with van der Waals surface area (Å²) >= 11 is 0. The molecule has 1 heterocycles. The maximum absolute atomic E-state index is 14.2. The number of nitrogens with one attached hydrogen (secondary N) is 2. The van der Waals surface area contributed by atoms with Crippen LogP contribution in [0.1, 0.15) is 12.5 Å². The Labute approximate surface area is 165 Å². The first-order valence-corrected chi connectivity index (χ1v) is 10.2. The van der Waals surface area contributed by atoms with Crippen LogP contribution in [-0.4, -0.2) is 30.8 Å². The van der Waals surface area contributed by atoms with Crippen LogP contribution in [0.25, 0.3) is 0 Å². The lowest BCUT2D eigenvalue weighted by Crippen LogP contribution is -2.43. The van der Waals surface area contributed by atoms with E-state index in [2.05, 4.69) is 15.5 Å². The molecule has 0 aliphatic heterocycles. The van der Waals surface area contributed by atoms with Crippen molar-refractivity contribution in [3.8, 4) is 5.75 Å². The number of carbonyl (C=O) groups excluding carboxylic acids is 1. The molecule has 2 aromatic carbocycles. The van der Waals surface area contributed by atoms with Gasteiger partial charge in [0.15, 0.2) is 21.4 Å². The molecule has 0 radical (unpaired) electrons. The molecular formula is C19H17F2N3O4S. The fourth-order valence-electron chi connectivity index (χ4n) is 2.60. The van der Waals surface area contributed by atoms with Gasteiger partial charge < -0.3 is 10.1 Å². The predicted molar refractivity (Wildman–Crippen MR) is 101 cm³/mol. The summed E-state index contributed by atoms with van der Waals surface area (Å²) in [6.45, 7) is 1.39. The largest absolute Gasteiger partial charge is 0.470 e. The first kappa shape index (κ1) is 20.5. The molecule has 1 unspecified atom stereocenters. The molecule has 2 N–H and O–H groups in total. The number of hydrogen-bond donors (Lipinski definition) is 2. The minimum Gasteiger partial charge on any atom is -0.470 e. The van der Waals surface area contributed by atoms with Crippen LogP contribution < -0.4 is 10.1 Å². The lowest BCUT2D eigenvalue weighted by molar-refractivity contribution is -0.130. The maximum Gasteiger partial charge on any atom is 0.274 e. The Morgan fingerprint density at radius 2 is 1.83 bits per heavy atom. The van der Waals surface area contributed by atoms with Crippen molar-refractivity contribution in [2.45, 2.75) is 17.4 Å². The first-order valence-electron chi connectivity index (χ1n) is 8.35. The van der Waals surface area contributed by atoms with Crippen molar-refractivity contribution in [2.75, 3.05) is 11.6 Å². The van der Waals surface area contributed by atoms with E-state index in [0.717, 1.165) is 18.4 Å². The van der Waals surface area contributed by atoms with Crippen LogP contribution in [0.2, 0.25) is 0 Å². The third-order valence-electron chi connectivity index (χ3n) is 4.22. The fraction of sp³-hybridized carbons (Fsp3) is 0.158. The smallest absolute Gasteiger partial charge is 0.274 e. The molecule has 0 saturated carbocycles. The third-order valence-corrected chi connectivity index (χ3v) is 5.35. The van der Waals surface area contributed by atoms with E-state index < -0.39 is 33.0 Å². The second-order valence-electron chi connectivity index (χ2n) is 6.43. The summed E-state index contributed by atoms with van der Waals surface area (Å²) in [5.41, 5.74) is -1.52. The van der Waals surface area contributed by atoms with Crippen molar-refractivity contribution in [3.05, 3.63) is 71.9 Å². The molecule has 1 amide bonds. The Bertz CT molecular complexity index is 1130. The van der Waals surface area contributed by atoms with E-state index in [1.807, 2.05) is 0 Å². The van der Waals surface area contributed by atoms with Crippen molar-refractivity contribution in [3.63, 3.8) is 0 Å². The van der Waals surface area contributed by atoms with Crippen molar-refractivity contribution in [2.24, 2.45) is 0 Å². The highest BCUT2D eigenvalue weighted by Gasteiger charge is 2.39. The predicted octanol–water partition coefficient (Wildman–Crippen LogP) is 3.02. The fourth-order valence-corrected chi connectivity index (χ4v) is 3.23. The zero-order chi connectivity index (χ0) is 21.2. The molecule has 0 spiro atoms. The molecule has 3 rings (SSSR count). The molecule has 0 bridgehead atoms. The van der Waals surface area contributed by atoms with Gasteiger partial charge in [-0.25, -0.2) is 17.2 Å². The summed E-state index contributed by atoms with van der Waals surface area (Å²) in [4.78, 5) is 13.0. The highest BCUT2D eigenvalue weighted by atomic mass is 32.2. The van der Waals surface area contributed by atoms with Gasteiger partial charge in [-0.2, -0.15) is 5.10 Å². The van der Waals surface area contributed by atoms with Gasteiger partial charge in [-0.15, -0.1) is 0 Å². The van der Waals surface area contributed by atoms with Crippen LogP contribution in [0.4, 0.5) is 14.6 Å². The zero-order valence-electron chi connectivity index (χ0n) is 15.4. The van der Waals surface area contributed by atoms with E-state index in [1.54, 1.807) is 0 Å². The van der Waals surface area contributed by atoms with Crippen LogP contribution in [0, 0.1) is 11.6 Å². The molecule has 1 aromatic heterocycles. The normalized spacial score (nSPS) is 13.5. The van der Waals surface area contributed by atoms with Gasteiger partial charge in [0.05, 0.1) is 11.1 Å². The number of rotatable bonds is 6. The average Bonchev–Trinajstić information content (AvgIpc) is 3.16. The Hall–Kier alpha value is -3.27. The summed E-state index contributed by atoms with van der Waals surface area (Å²) in [6, 6.07) is 9.62. The van der Waals surface area contributed by atoms with E-state index in [0.29, 0.717) is 6.07 Å². The number of nitrogens with zero attached hydrogens (tertiary/aromatic N) is 1. The Morgan fingerprint density at radius 1 is 1.14 bits per heavy atom. The van der Waals surface area contributed by atoms with Gasteiger partial charge in [0.1, 0.15) is 11.6 Å². The molecular weight excluding hydrogens is 404 g/mol. The van der Waals surface area contributed by atoms with Gasteiger partial charge in [0, 0.05) is 24.0 Å². The van der Waals surface area contributed by atoms with Gasteiger partial charge in [-0.3, -0.25) is 9.89 Å². The Morgan fingerprint density at radius 3 is 2.38 bits per heavy atom. The number of aromatic amines is 1. The molecule has 0 aliphatic rings. The first-order chi connectivity index (χ1) is 13.6. The van der Waals surface area contributed by atoms with Gasteiger partial charge in [-0.1, -0.05) is 12.1 Å². The van der Waals surface area contributed by atoms with E-state index in [4.69, 9.17) is 4.74 Å². The highest BCUT2D eigenvalue weighted by Crippen LogP contribution is 2.32. The lowest BCUT2D eigenvalue weighted by atomic mass is 9.94. The number of aromatic nitrogens is 2. The number of ether oxygens (including phenoxy) is 1. The molecule has 10 heteroatoms. The van der Waals surface area contributed by atoms with Crippen molar-refractivity contribution in [1.29, 1.82) is 0 Å². The third kappa shape index (κ3) is 4.43. The minimum atomic E-state index is -3.45. The second kappa shape index (κ2) is 7.63. The number of hydrogen-bond acceptors (Lipinski definition) is 5. The van der Waals surface area contributed by atoms with Gasteiger partial charge in [0.25, 0.3) is 5.91 Å². The Kier molecular flexibility index (Phi) is 5.38. The molecule has 0 saturated heterocycles. The zero-order valence-corrected chi connectivity index (χ0v) is 16.3. The van der Waals surface area contributed by atoms with Crippen LogP contribution in [-0.2, 0) is 20.2 Å². The van der Waals surface area contributed by atoms with Crippen LogP contribution in [0.5, 0.6) is 5.75 Å². The van der Waals surface area contributed by atoms with Crippen molar-refractivity contribution >= 4 is 21.6 Å². The second-order valence-corrected chi connectivity index (χ2v) is 8.45. The Balaban J connectivity index is 2.03. The van der Waals surface area contributed by atoms with Crippen LogP contribution in [0.15, 0.2) is 59.6 Å². The standard InChI is InChI=1S/C19H17F2N3O4S/c1-19(18(25)23-17-9-10-22-24-17,28-16-8-5-13(20)11-15(16)21)12-3-6-14(7-4-12)29(2,26)27/h3-11H,1-2H3,(H2,22,23,24,25). The van der Waals surface area contributed by atoms with Crippen LogP contribution in [0.3, 0.4) is 0 Å². The number of sulfone groups is 1. The summed E-state index contributed by atoms with van der Waals surface area (Å²) in [5, 5.41) is 8.85. The molecule has 0 aliphatic carbocycles. The highest BCUT2D eigenvalue weighted by molar-refractivity contribution is 7.90. The molecule has 7 nitrogen and oxygen atoms in total. The van der Waals surface area contributed by atoms with E-state index in [-0.39, 0.29) is 22.0 Å². The lowest BCUT2D eigenvalue weighted by Gasteiger charge is -2.30. The molecule has 0 fully saturated rings. The van der Waals surface area contributed by atoms with E-state index in [1.165, 1.54) is 43.5 Å². The number of anilines is 1. The number of amides is 1. The molecule has 3 aromatic rings. The number of carbonyl (C=O) groups is 1. The van der Waals surface area contributed by atoms with Crippen LogP contribution >= 0.6 is 0 Å². The summed E-state index contributed by atoms with van der Waals surface area (Å²) in [5.74, 6) is -2.54. The number of halogens is 2. The maximum atomic E-state index is 14.2. The number of H-pyrrole nitrogens is 1. The average molecular weight is 421 g/mol. The monoisotopic (exact) mass is 421 g/mol. The summed E-state index contributed by atoms with van der Waals surface area (Å²) in [6.07, 6.45) is 2.48. The topological polar surface area (TPSA) is 101 Å². The van der Waals surface area contributed by atoms with Crippen molar-refractivity contribution < 1.29 is 26.7 Å². The SMILES string of the molecule is CC(Oc1ccc(F)cc1F)(C(=O)Nc1ccn[nH]1)c1ccc(S(C)(=O)=O)cc1.